The van der Waals surface area contributed by atoms with Crippen molar-refractivity contribution in [3.8, 4) is 0 Å². The zero-order valence-electron chi connectivity index (χ0n) is 11.9. The zero-order chi connectivity index (χ0) is 14.4. The molecular weight excluding hydrogens is 254 g/mol. The average Bonchev–Trinajstić information content (AvgIpc) is 3.23. The van der Waals surface area contributed by atoms with E-state index in [2.05, 4.69) is 10.3 Å². The normalized spacial score (nSPS) is 17.0. The van der Waals surface area contributed by atoms with Gasteiger partial charge in [-0.3, -0.25) is 4.99 Å². The quantitative estimate of drug-likeness (QED) is 0.521. The molecule has 0 amide bonds. The van der Waals surface area contributed by atoms with Gasteiger partial charge in [-0.2, -0.15) is 0 Å². The Kier molecular flexibility index (Phi) is 5.38. The van der Waals surface area contributed by atoms with Crippen molar-refractivity contribution < 1.29 is 9.84 Å². The fourth-order valence-corrected chi connectivity index (χ4v) is 1.74. The van der Waals surface area contributed by atoms with Gasteiger partial charge in [-0.05, 0) is 37.8 Å². The number of anilines is 1. The predicted molar refractivity (Wildman–Crippen MR) is 80.8 cm³/mol. The van der Waals surface area contributed by atoms with E-state index >= 15 is 0 Å². The molecule has 1 saturated carbocycles. The van der Waals surface area contributed by atoms with E-state index in [1.165, 1.54) is 18.4 Å². The van der Waals surface area contributed by atoms with Gasteiger partial charge in [-0.25, -0.2) is 0 Å². The number of nitrogens with zero attached hydrogens (tertiary/aromatic N) is 1. The highest BCUT2D eigenvalue weighted by molar-refractivity contribution is 5.92. The Morgan fingerprint density at radius 1 is 1.45 bits per heavy atom. The molecule has 1 atom stereocenters. The smallest absolute Gasteiger partial charge is 0.193 e. The van der Waals surface area contributed by atoms with Crippen LogP contribution in [0, 0.1) is 12.8 Å². The van der Waals surface area contributed by atoms with Gasteiger partial charge in [0, 0.05) is 12.3 Å². The van der Waals surface area contributed by atoms with E-state index in [4.69, 9.17) is 10.5 Å². The predicted octanol–water partition coefficient (Wildman–Crippen LogP) is 1.51. The fraction of sp³-hybridized carbons (Fsp3) is 0.533. The maximum Gasteiger partial charge on any atom is 0.193 e. The molecule has 0 radical (unpaired) electrons. The van der Waals surface area contributed by atoms with Crippen LogP contribution >= 0.6 is 0 Å². The molecule has 0 heterocycles. The second-order valence-electron chi connectivity index (χ2n) is 5.35. The van der Waals surface area contributed by atoms with Crippen LogP contribution in [0.3, 0.4) is 0 Å². The number of hydrogen-bond donors (Lipinski definition) is 3. The third kappa shape index (κ3) is 5.59. The molecule has 5 heteroatoms. The number of aliphatic hydroxyl groups is 1. The lowest BCUT2D eigenvalue weighted by atomic mass is 10.2. The van der Waals surface area contributed by atoms with Crippen molar-refractivity contribution in [2.24, 2.45) is 16.6 Å². The van der Waals surface area contributed by atoms with Crippen molar-refractivity contribution in [2.45, 2.75) is 25.9 Å². The summed E-state index contributed by atoms with van der Waals surface area (Å²) in [7, 11) is 0. The maximum atomic E-state index is 9.72. The molecule has 1 aliphatic rings. The summed E-state index contributed by atoms with van der Waals surface area (Å²) in [4.78, 5) is 4.11. The summed E-state index contributed by atoms with van der Waals surface area (Å²) in [5, 5.41) is 12.7. The minimum absolute atomic E-state index is 0.245. The second kappa shape index (κ2) is 7.26. The van der Waals surface area contributed by atoms with Crippen LogP contribution in [0.15, 0.2) is 29.3 Å². The highest BCUT2D eigenvalue weighted by Gasteiger charge is 2.21. The van der Waals surface area contributed by atoms with Crippen LogP contribution in [0.4, 0.5) is 5.69 Å². The number of guanidine groups is 1. The highest BCUT2D eigenvalue weighted by Crippen LogP contribution is 2.28. The number of ether oxygens (including phenoxy) is 1. The summed E-state index contributed by atoms with van der Waals surface area (Å²) in [5.74, 6) is 1.01. The Morgan fingerprint density at radius 2 is 2.15 bits per heavy atom. The molecule has 0 aromatic heterocycles. The van der Waals surface area contributed by atoms with Crippen molar-refractivity contribution in [1.29, 1.82) is 0 Å². The molecular formula is C15H23N3O2. The first-order chi connectivity index (χ1) is 9.63. The number of aliphatic hydroxyl groups excluding tert-OH is 1. The Bertz CT molecular complexity index is 441. The van der Waals surface area contributed by atoms with Gasteiger partial charge < -0.3 is 20.9 Å². The largest absolute Gasteiger partial charge is 0.389 e. The lowest BCUT2D eigenvalue weighted by Crippen LogP contribution is -2.26. The molecule has 2 rings (SSSR count). The molecule has 1 aromatic carbocycles. The molecule has 5 nitrogen and oxygen atoms in total. The molecule has 0 aliphatic heterocycles. The van der Waals surface area contributed by atoms with E-state index < -0.39 is 6.10 Å². The molecule has 110 valence electrons. The first-order valence-corrected chi connectivity index (χ1v) is 7.03. The van der Waals surface area contributed by atoms with Crippen molar-refractivity contribution in [1.82, 2.24) is 0 Å². The van der Waals surface area contributed by atoms with Crippen LogP contribution in [-0.4, -0.2) is 36.9 Å². The highest BCUT2D eigenvalue weighted by atomic mass is 16.5. The first kappa shape index (κ1) is 14.8. The Balaban J connectivity index is 1.67. The number of nitrogens with two attached hydrogens (primary N) is 1. The SMILES string of the molecule is Cc1ccc(NC(N)=NCC(O)COCC2CC2)cc1. The Morgan fingerprint density at radius 3 is 2.80 bits per heavy atom. The molecule has 0 bridgehead atoms. The van der Waals surface area contributed by atoms with Crippen LogP contribution in [0.1, 0.15) is 18.4 Å². The Labute approximate surface area is 119 Å². The molecule has 20 heavy (non-hydrogen) atoms. The number of aryl methyl sites for hydroxylation is 1. The van der Waals surface area contributed by atoms with E-state index in [0.717, 1.165) is 12.3 Å². The van der Waals surface area contributed by atoms with Gasteiger partial charge in [-0.1, -0.05) is 17.7 Å². The van der Waals surface area contributed by atoms with Crippen molar-refractivity contribution in [2.75, 3.05) is 25.1 Å². The molecule has 0 spiro atoms. The molecule has 1 fully saturated rings. The van der Waals surface area contributed by atoms with Gasteiger partial charge in [0.15, 0.2) is 5.96 Å². The van der Waals surface area contributed by atoms with Gasteiger partial charge in [0.25, 0.3) is 0 Å². The molecule has 4 N–H and O–H groups in total. The standard InChI is InChI=1S/C15H23N3O2/c1-11-2-6-13(7-3-11)18-15(16)17-8-14(19)10-20-9-12-4-5-12/h2-3,6-7,12,14,19H,4-5,8-10H2,1H3,(H3,16,17,18). The van der Waals surface area contributed by atoms with Gasteiger partial charge >= 0.3 is 0 Å². The van der Waals surface area contributed by atoms with Crippen molar-refractivity contribution in [3.63, 3.8) is 0 Å². The molecule has 0 saturated heterocycles. The van der Waals surface area contributed by atoms with Crippen LogP contribution in [-0.2, 0) is 4.74 Å². The minimum atomic E-state index is -0.605. The third-order valence-corrected chi connectivity index (χ3v) is 3.16. The van der Waals surface area contributed by atoms with Crippen LogP contribution in [0.5, 0.6) is 0 Å². The summed E-state index contributed by atoms with van der Waals surface area (Å²) < 4.78 is 5.40. The van der Waals surface area contributed by atoms with Crippen LogP contribution in [0.25, 0.3) is 0 Å². The minimum Gasteiger partial charge on any atom is -0.389 e. The topological polar surface area (TPSA) is 79.9 Å². The van der Waals surface area contributed by atoms with Gasteiger partial charge in [0.1, 0.15) is 0 Å². The van der Waals surface area contributed by atoms with Crippen LogP contribution in [0.2, 0.25) is 0 Å². The third-order valence-electron chi connectivity index (χ3n) is 3.16. The van der Waals surface area contributed by atoms with E-state index in [0.29, 0.717) is 18.5 Å². The van der Waals surface area contributed by atoms with Gasteiger partial charge in [-0.15, -0.1) is 0 Å². The number of rotatable bonds is 7. The second-order valence-corrected chi connectivity index (χ2v) is 5.35. The lowest BCUT2D eigenvalue weighted by Gasteiger charge is -2.10. The Hall–Kier alpha value is -1.59. The molecule has 1 aliphatic carbocycles. The fourth-order valence-electron chi connectivity index (χ4n) is 1.74. The van der Waals surface area contributed by atoms with Gasteiger partial charge in [0.05, 0.1) is 19.3 Å². The first-order valence-electron chi connectivity index (χ1n) is 7.03. The van der Waals surface area contributed by atoms with Crippen LogP contribution < -0.4 is 11.1 Å². The summed E-state index contributed by atoms with van der Waals surface area (Å²) in [6.45, 7) is 3.34. The van der Waals surface area contributed by atoms with E-state index in [1.54, 1.807) is 0 Å². The lowest BCUT2D eigenvalue weighted by molar-refractivity contribution is 0.0369. The number of nitrogens with one attached hydrogen (secondary N) is 1. The van der Waals surface area contributed by atoms with Crippen molar-refractivity contribution >= 4 is 11.6 Å². The van der Waals surface area contributed by atoms with Crippen molar-refractivity contribution in [3.05, 3.63) is 29.8 Å². The summed E-state index contributed by atoms with van der Waals surface area (Å²) >= 11 is 0. The van der Waals surface area contributed by atoms with E-state index in [1.807, 2.05) is 31.2 Å². The van der Waals surface area contributed by atoms with Gasteiger partial charge in [0.2, 0.25) is 0 Å². The number of aliphatic imine (C=N–C) groups is 1. The molecule has 1 aromatic rings. The van der Waals surface area contributed by atoms with E-state index in [-0.39, 0.29) is 6.54 Å². The maximum absolute atomic E-state index is 9.72. The molecule has 1 unspecified atom stereocenters. The average molecular weight is 277 g/mol. The zero-order valence-corrected chi connectivity index (χ0v) is 11.9. The summed E-state index contributed by atoms with van der Waals surface area (Å²) in [6.07, 6.45) is 1.90. The number of hydrogen-bond acceptors (Lipinski definition) is 3. The van der Waals surface area contributed by atoms with E-state index in [9.17, 15) is 5.11 Å². The summed E-state index contributed by atoms with van der Waals surface area (Å²) in [6, 6.07) is 7.87. The monoisotopic (exact) mass is 277 g/mol. The summed E-state index contributed by atoms with van der Waals surface area (Å²) in [5.41, 5.74) is 7.84. The number of benzene rings is 1.